The van der Waals surface area contributed by atoms with Crippen molar-refractivity contribution in [3.63, 3.8) is 0 Å². The number of alkyl halides is 3. The smallest absolute Gasteiger partial charge is 0.344 e. The number of rotatable bonds is 4. The minimum Gasteiger partial charge on any atom is -0.344 e. The van der Waals surface area contributed by atoms with Crippen molar-refractivity contribution in [2.45, 2.75) is 26.1 Å². The van der Waals surface area contributed by atoms with Crippen LogP contribution in [0.15, 0.2) is 88.9 Å². The topological polar surface area (TPSA) is 52.2 Å². The normalized spacial score (nSPS) is 12.4. The van der Waals surface area contributed by atoms with Crippen molar-refractivity contribution < 1.29 is 13.2 Å². The van der Waals surface area contributed by atoms with E-state index in [-0.39, 0.29) is 17.4 Å². The zero-order chi connectivity index (χ0) is 24.7. The van der Waals surface area contributed by atoms with E-state index in [4.69, 9.17) is 0 Å². The number of para-hydroxylation sites is 2. The van der Waals surface area contributed by atoms with Crippen LogP contribution >= 0.6 is 0 Å². The number of hydrogen-bond acceptors (Lipinski definition) is 3. The van der Waals surface area contributed by atoms with Crippen LogP contribution in [-0.2, 0) is 6.18 Å². The number of fused-ring (bicyclic) bond motifs is 2. The fourth-order valence-corrected chi connectivity index (χ4v) is 4.13. The van der Waals surface area contributed by atoms with Crippen molar-refractivity contribution in [2.24, 2.45) is 5.10 Å². The average molecular weight is 474 g/mol. The molecule has 0 atom stereocenters. The van der Waals surface area contributed by atoms with Crippen LogP contribution in [0, 0.1) is 0 Å². The second kappa shape index (κ2) is 8.54. The van der Waals surface area contributed by atoms with Gasteiger partial charge in [-0.3, -0.25) is 4.79 Å². The predicted octanol–water partition coefficient (Wildman–Crippen LogP) is 6.50. The Morgan fingerprint density at radius 1 is 0.943 bits per heavy atom. The Hall–Kier alpha value is -4.20. The van der Waals surface area contributed by atoms with Crippen molar-refractivity contribution in [2.75, 3.05) is 0 Å². The average Bonchev–Trinajstić information content (AvgIpc) is 3.22. The van der Waals surface area contributed by atoms with Crippen LogP contribution < -0.4 is 5.56 Å². The summed E-state index contributed by atoms with van der Waals surface area (Å²) in [5, 5.41) is 5.71. The maximum atomic E-state index is 13.4. The van der Waals surface area contributed by atoms with E-state index in [1.54, 1.807) is 30.5 Å². The summed E-state index contributed by atoms with van der Waals surface area (Å²) >= 11 is 0. The summed E-state index contributed by atoms with van der Waals surface area (Å²) in [4.78, 5) is 17.9. The van der Waals surface area contributed by atoms with Crippen LogP contribution in [0.25, 0.3) is 33.2 Å². The number of halogens is 3. The van der Waals surface area contributed by atoms with E-state index in [9.17, 15) is 18.0 Å². The van der Waals surface area contributed by atoms with E-state index in [0.717, 1.165) is 33.3 Å². The summed E-state index contributed by atoms with van der Waals surface area (Å²) < 4.78 is 43.3. The first-order chi connectivity index (χ1) is 16.7. The molecular formula is C27H21F3N4O. The van der Waals surface area contributed by atoms with Gasteiger partial charge >= 0.3 is 6.18 Å². The van der Waals surface area contributed by atoms with Gasteiger partial charge in [-0.05, 0) is 44.2 Å². The van der Waals surface area contributed by atoms with Gasteiger partial charge in [-0.25, -0.2) is 4.98 Å². The highest BCUT2D eigenvalue weighted by Crippen LogP contribution is 2.32. The molecule has 0 aliphatic carbocycles. The summed E-state index contributed by atoms with van der Waals surface area (Å²) in [6.07, 6.45) is -1.03. The Balaban J connectivity index is 1.73. The molecule has 176 valence electrons. The van der Waals surface area contributed by atoms with Gasteiger partial charge in [-0.2, -0.15) is 22.9 Å². The molecule has 5 nitrogen and oxygen atoms in total. The molecule has 2 aromatic heterocycles. The van der Waals surface area contributed by atoms with Crippen LogP contribution in [0.4, 0.5) is 13.2 Å². The highest BCUT2D eigenvalue weighted by atomic mass is 19.4. The number of hydrogen-bond donors (Lipinski definition) is 0. The zero-order valence-corrected chi connectivity index (χ0v) is 19.0. The van der Waals surface area contributed by atoms with Crippen LogP contribution in [0.5, 0.6) is 0 Å². The molecular weight excluding hydrogens is 453 g/mol. The molecule has 2 heterocycles. The van der Waals surface area contributed by atoms with Gasteiger partial charge in [0.25, 0.3) is 5.56 Å². The van der Waals surface area contributed by atoms with E-state index < -0.39 is 17.3 Å². The molecule has 5 rings (SSSR count). The lowest BCUT2D eigenvalue weighted by Gasteiger charge is -2.12. The van der Waals surface area contributed by atoms with E-state index in [0.29, 0.717) is 10.9 Å². The molecule has 0 radical (unpaired) electrons. The second-order valence-corrected chi connectivity index (χ2v) is 8.50. The highest BCUT2D eigenvalue weighted by Gasteiger charge is 2.31. The Labute approximate surface area is 198 Å². The Morgan fingerprint density at radius 3 is 2.40 bits per heavy atom. The Kier molecular flexibility index (Phi) is 5.51. The minimum absolute atomic E-state index is 0.0312. The van der Waals surface area contributed by atoms with Gasteiger partial charge in [0, 0.05) is 34.3 Å². The van der Waals surface area contributed by atoms with Crippen LogP contribution in [0.3, 0.4) is 0 Å². The van der Waals surface area contributed by atoms with Gasteiger partial charge < -0.3 is 4.57 Å². The molecule has 35 heavy (non-hydrogen) atoms. The van der Waals surface area contributed by atoms with Gasteiger partial charge in [0.15, 0.2) is 5.82 Å². The quantitative estimate of drug-likeness (QED) is 0.279. The SMILES string of the molecule is CC(C)n1cc(C=Nn2c(-c3cccc(C(F)(F)F)c3)nc3ccccc3c2=O)c2ccccc21. The third kappa shape index (κ3) is 4.12. The monoisotopic (exact) mass is 474 g/mol. The zero-order valence-electron chi connectivity index (χ0n) is 19.0. The fourth-order valence-electron chi connectivity index (χ4n) is 4.13. The van der Waals surface area contributed by atoms with E-state index in [1.165, 1.54) is 12.1 Å². The summed E-state index contributed by atoms with van der Waals surface area (Å²) in [6.45, 7) is 4.13. The lowest BCUT2D eigenvalue weighted by molar-refractivity contribution is -0.137. The molecule has 0 amide bonds. The molecule has 5 aromatic rings. The molecule has 0 spiro atoms. The van der Waals surface area contributed by atoms with Gasteiger partial charge in [0.2, 0.25) is 0 Å². The van der Waals surface area contributed by atoms with Crippen LogP contribution in [-0.4, -0.2) is 20.4 Å². The molecule has 0 fully saturated rings. The van der Waals surface area contributed by atoms with Crippen molar-refractivity contribution in [1.29, 1.82) is 0 Å². The van der Waals surface area contributed by atoms with Gasteiger partial charge in [0.1, 0.15) is 0 Å². The first kappa shape index (κ1) is 22.6. The summed E-state index contributed by atoms with van der Waals surface area (Å²) in [6, 6.07) is 19.5. The molecule has 0 aliphatic rings. The largest absolute Gasteiger partial charge is 0.416 e. The van der Waals surface area contributed by atoms with Gasteiger partial charge in [-0.15, -0.1) is 0 Å². The minimum atomic E-state index is -4.53. The fraction of sp³-hybridized carbons (Fsp3) is 0.148. The van der Waals surface area contributed by atoms with Crippen molar-refractivity contribution in [3.8, 4) is 11.4 Å². The standard InChI is InChI=1S/C27H21F3N4O/c1-17(2)33-16-19(21-10-4-6-13-24(21)33)15-31-34-25(18-8-7-9-20(14-18)27(28,29)30)32-23-12-5-3-11-22(23)26(34)35/h3-17H,1-2H3. The van der Waals surface area contributed by atoms with Crippen molar-refractivity contribution >= 4 is 28.0 Å². The number of nitrogens with zero attached hydrogens (tertiary/aromatic N) is 4. The summed E-state index contributed by atoms with van der Waals surface area (Å²) in [5.74, 6) is 0.0312. The van der Waals surface area contributed by atoms with E-state index in [1.807, 2.05) is 30.5 Å². The number of aromatic nitrogens is 3. The van der Waals surface area contributed by atoms with Crippen molar-refractivity contribution in [1.82, 2.24) is 14.2 Å². The van der Waals surface area contributed by atoms with Crippen LogP contribution in [0.1, 0.15) is 31.0 Å². The molecule has 0 saturated carbocycles. The van der Waals surface area contributed by atoms with Crippen molar-refractivity contribution in [3.05, 3.63) is 100 Å². The lowest BCUT2D eigenvalue weighted by atomic mass is 10.1. The molecule has 8 heteroatoms. The Bertz CT molecular complexity index is 1640. The Morgan fingerprint density at radius 2 is 1.66 bits per heavy atom. The highest BCUT2D eigenvalue weighted by molar-refractivity contribution is 5.99. The second-order valence-electron chi connectivity index (χ2n) is 8.50. The maximum Gasteiger partial charge on any atom is 0.416 e. The third-order valence-corrected chi connectivity index (χ3v) is 5.84. The molecule has 0 saturated heterocycles. The molecule has 0 unspecified atom stereocenters. The number of benzene rings is 3. The third-order valence-electron chi connectivity index (χ3n) is 5.84. The van der Waals surface area contributed by atoms with Gasteiger partial charge in [-0.1, -0.05) is 42.5 Å². The molecule has 0 N–H and O–H groups in total. The lowest BCUT2D eigenvalue weighted by Crippen LogP contribution is -2.20. The van der Waals surface area contributed by atoms with E-state index >= 15 is 0 Å². The predicted molar refractivity (Wildman–Crippen MR) is 132 cm³/mol. The van der Waals surface area contributed by atoms with Crippen LogP contribution in [0.2, 0.25) is 0 Å². The first-order valence-electron chi connectivity index (χ1n) is 11.1. The molecule has 0 aliphatic heterocycles. The van der Waals surface area contributed by atoms with Gasteiger partial charge in [0.05, 0.1) is 22.7 Å². The van der Waals surface area contributed by atoms with E-state index in [2.05, 4.69) is 28.5 Å². The summed E-state index contributed by atoms with van der Waals surface area (Å²) in [5.41, 5.74) is 1.03. The molecule has 0 bridgehead atoms. The summed E-state index contributed by atoms with van der Waals surface area (Å²) in [7, 11) is 0. The molecule has 3 aromatic carbocycles. The maximum absolute atomic E-state index is 13.4. The first-order valence-corrected chi connectivity index (χ1v) is 11.1.